The minimum atomic E-state index is 0.547. The fourth-order valence-corrected chi connectivity index (χ4v) is 1.85. The van der Waals surface area contributed by atoms with Gasteiger partial charge in [0.1, 0.15) is 17.7 Å². The van der Waals surface area contributed by atoms with Crippen molar-refractivity contribution < 1.29 is 0 Å². The molecule has 0 saturated heterocycles. The molecule has 0 spiro atoms. The number of aromatic nitrogens is 3. The maximum atomic E-state index is 8.82. The van der Waals surface area contributed by atoms with Crippen molar-refractivity contribution in [1.29, 1.82) is 5.26 Å². The van der Waals surface area contributed by atoms with E-state index in [1.165, 1.54) is 12.8 Å². The van der Waals surface area contributed by atoms with Crippen LogP contribution in [0.4, 0.5) is 5.82 Å². The summed E-state index contributed by atoms with van der Waals surface area (Å²) in [6.45, 7) is 0.601. The van der Waals surface area contributed by atoms with Crippen LogP contribution < -0.4 is 5.32 Å². The third-order valence-corrected chi connectivity index (χ3v) is 3.01. The maximum Gasteiger partial charge on any atom is 0.133 e. The summed E-state index contributed by atoms with van der Waals surface area (Å²) < 4.78 is 0. The first-order chi connectivity index (χ1) is 9.35. The zero-order valence-corrected chi connectivity index (χ0v) is 10.4. The van der Waals surface area contributed by atoms with Crippen molar-refractivity contribution in [2.75, 3.05) is 5.32 Å². The lowest BCUT2D eigenvalue weighted by atomic mass is 10.2. The Kier molecular flexibility index (Phi) is 3.07. The van der Waals surface area contributed by atoms with E-state index in [2.05, 4.69) is 26.3 Å². The van der Waals surface area contributed by atoms with Crippen LogP contribution in [0, 0.1) is 11.3 Å². The first-order valence-electron chi connectivity index (χ1n) is 6.26. The molecule has 94 valence electrons. The predicted octanol–water partition coefficient (Wildman–Crippen LogP) is 2.23. The molecule has 1 aliphatic carbocycles. The lowest BCUT2D eigenvalue weighted by Crippen LogP contribution is -2.04. The Morgan fingerprint density at radius 3 is 3.05 bits per heavy atom. The molecule has 1 N–H and O–H groups in total. The van der Waals surface area contributed by atoms with Gasteiger partial charge >= 0.3 is 0 Å². The third kappa shape index (κ3) is 2.86. The average Bonchev–Trinajstić information content (AvgIpc) is 3.30. The highest BCUT2D eigenvalue weighted by Crippen LogP contribution is 2.38. The molecule has 0 atom stereocenters. The molecule has 2 aromatic rings. The highest BCUT2D eigenvalue weighted by molar-refractivity contribution is 5.36. The molecule has 2 aromatic heterocycles. The minimum Gasteiger partial charge on any atom is -0.366 e. The van der Waals surface area contributed by atoms with Crippen LogP contribution in [0.15, 0.2) is 30.7 Å². The second-order valence-corrected chi connectivity index (χ2v) is 4.62. The zero-order valence-electron chi connectivity index (χ0n) is 10.4. The van der Waals surface area contributed by atoms with Crippen LogP contribution in [0.3, 0.4) is 0 Å². The normalized spacial score (nSPS) is 13.8. The first-order valence-corrected chi connectivity index (χ1v) is 6.26. The van der Waals surface area contributed by atoms with E-state index >= 15 is 0 Å². The number of nitrogens with one attached hydrogen (secondary N) is 1. The van der Waals surface area contributed by atoms with Gasteiger partial charge in [0.05, 0.1) is 5.56 Å². The van der Waals surface area contributed by atoms with Crippen LogP contribution in [0.5, 0.6) is 0 Å². The monoisotopic (exact) mass is 251 g/mol. The van der Waals surface area contributed by atoms with Crippen LogP contribution in [0.1, 0.15) is 35.7 Å². The topological polar surface area (TPSA) is 74.5 Å². The fourth-order valence-electron chi connectivity index (χ4n) is 1.85. The number of pyridine rings is 1. The lowest BCUT2D eigenvalue weighted by molar-refractivity contribution is 0.920. The summed E-state index contributed by atoms with van der Waals surface area (Å²) in [5, 5.41) is 12.1. The van der Waals surface area contributed by atoms with Gasteiger partial charge in [-0.2, -0.15) is 5.26 Å². The predicted molar refractivity (Wildman–Crippen MR) is 70.3 cm³/mol. The molecular weight excluding hydrogens is 238 g/mol. The van der Waals surface area contributed by atoms with Gasteiger partial charge < -0.3 is 5.32 Å². The van der Waals surface area contributed by atoms with E-state index in [1.807, 2.05) is 12.1 Å². The second-order valence-electron chi connectivity index (χ2n) is 4.62. The van der Waals surface area contributed by atoms with Crippen LogP contribution in [-0.4, -0.2) is 15.0 Å². The van der Waals surface area contributed by atoms with Gasteiger partial charge in [0.25, 0.3) is 0 Å². The highest BCUT2D eigenvalue weighted by Gasteiger charge is 2.26. The number of rotatable bonds is 4. The number of hydrogen-bond acceptors (Lipinski definition) is 5. The highest BCUT2D eigenvalue weighted by atomic mass is 15.0. The molecule has 0 unspecified atom stereocenters. The van der Waals surface area contributed by atoms with E-state index in [9.17, 15) is 0 Å². The van der Waals surface area contributed by atoms with Gasteiger partial charge in [-0.3, -0.25) is 4.98 Å². The summed E-state index contributed by atoms with van der Waals surface area (Å²) >= 11 is 0. The zero-order chi connectivity index (χ0) is 13.1. The van der Waals surface area contributed by atoms with Gasteiger partial charge in [0.15, 0.2) is 0 Å². The molecule has 1 fully saturated rings. The molecule has 3 rings (SSSR count). The standard InChI is InChI=1S/C14H13N5/c15-6-10-5-11(8-16-7-10)9-18-13-3-4-17-14(19-13)12-1-2-12/h3-5,7-8,12H,1-2,9H2,(H,17,18,19). The third-order valence-electron chi connectivity index (χ3n) is 3.01. The Bertz CT molecular complexity index is 628. The van der Waals surface area contributed by atoms with E-state index in [4.69, 9.17) is 5.26 Å². The largest absolute Gasteiger partial charge is 0.366 e. The quantitative estimate of drug-likeness (QED) is 0.901. The SMILES string of the molecule is N#Cc1cncc(CNc2ccnc(C3CC3)n2)c1. The average molecular weight is 251 g/mol. The van der Waals surface area contributed by atoms with Gasteiger partial charge in [0, 0.05) is 31.1 Å². The molecule has 5 nitrogen and oxygen atoms in total. The molecule has 1 aliphatic rings. The Morgan fingerprint density at radius 1 is 1.37 bits per heavy atom. The van der Waals surface area contributed by atoms with Gasteiger partial charge in [-0.25, -0.2) is 9.97 Å². The summed E-state index contributed by atoms with van der Waals surface area (Å²) in [6.07, 6.45) is 7.47. The summed E-state index contributed by atoms with van der Waals surface area (Å²) in [5.41, 5.74) is 1.53. The molecule has 2 heterocycles. The first kappa shape index (κ1) is 11.6. The maximum absolute atomic E-state index is 8.82. The molecular formula is C14H13N5. The number of anilines is 1. The van der Waals surface area contributed by atoms with E-state index in [1.54, 1.807) is 18.6 Å². The van der Waals surface area contributed by atoms with Crippen molar-refractivity contribution in [2.45, 2.75) is 25.3 Å². The van der Waals surface area contributed by atoms with Crippen LogP contribution >= 0.6 is 0 Å². The summed E-state index contributed by atoms with van der Waals surface area (Å²) in [5.74, 6) is 2.29. The Balaban J connectivity index is 1.68. The molecule has 5 heteroatoms. The Morgan fingerprint density at radius 2 is 2.26 bits per heavy atom. The second kappa shape index (κ2) is 5.02. The molecule has 19 heavy (non-hydrogen) atoms. The van der Waals surface area contributed by atoms with Crippen LogP contribution in [0.2, 0.25) is 0 Å². The van der Waals surface area contributed by atoms with E-state index in [0.717, 1.165) is 17.2 Å². The summed E-state index contributed by atoms with van der Waals surface area (Å²) in [6, 6.07) is 5.76. The van der Waals surface area contributed by atoms with Crippen LogP contribution in [0.25, 0.3) is 0 Å². The van der Waals surface area contributed by atoms with Gasteiger partial charge in [-0.05, 0) is 30.5 Å². The summed E-state index contributed by atoms with van der Waals surface area (Å²) in [7, 11) is 0. The molecule has 0 bridgehead atoms. The van der Waals surface area contributed by atoms with Crippen molar-refractivity contribution in [3.05, 3.63) is 47.7 Å². The molecule has 1 saturated carbocycles. The van der Waals surface area contributed by atoms with Crippen LogP contribution in [-0.2, 0) is 6.54 Å². The van der Waals surface area contributed by atoms with Gasteiger partial charge in [-0.15, -0.1) is 0 Å². The fraction of sp³-hybridized carbons (Fsp3) is 0.286. The Hall–Kier alpha value is -2.48. The minimum absolute atomic E-state index is 0.547. The van der Waals surface area contributed by atoms with E-state index in [-0.39, 0.29) is 0 Å². The summed E-state index contributed by atoms with van der Waals surface area (Å²) in [4.78, 5) is 12.8. The van der Waals surface area contributed by atoms with E-state index < -0.39 is 0 Å². The van der Waals surface area contributed by atoms with Crippen molar-refractivity contribution >= 4 is 5.82 Å². The van der Waals surface area contributed by atoms with Crippen molar-refractivity contribution in [2.24, 2.45) is 0 Å². The molecule has 0 aliphatic heterocycles. The van der Waals surface area contributed by atoms with Crippen molar-refractivity contribution in [1.82, 2.24) is 15.0 Å². The number of nitriles is 1. The van der Waals surface area contributed by atoms with E-state index in [0.29, 0.717) is 18.0 Å². The van der Waals surface area contributed by atoms with Gasteiger partial charge in [0.2, 0.25) is 0 Å². The molecule has 0 radical (unpaired) electrons. The lowest BCUT2D eigenvalue weighted by Gasteiger charge is -2.06. The molecule has 0 aromatic carbocycles. The van der Waals surface area contributed by atoms with Crippen molar-refractivity contribution in [3.63, 3.8) is 0 Å². The van der Waals surface area contributed by atoms with Gasteiger partial charge in [-0.1, -0.05) is 0 Å². The molecule has 0 amide bonds. The number of nitrogens with zero attached hydrogens (tertiary/aromatic N) is 4. The Labute approximate surface area is 111 Å². The number of hydrogen-bond donors (Lipinski definition) is 1. The van der Waals surface area contributed by atoms with Crippen molar-refractivity contribution in [3.8, 4) is 6.07 Å². The smallest absolute Gasteiger partial charge is 0.133 e.